The smallest absolute Gasteiger partial charge is 0.0971 e. The third-order valence-electron chi connectivity index (χ3n) is 24.0. The van der Waals surface area contributed by atoms with E-state index in [0.717, 1.165) is 65.4 Å². The zero-order valence-corrected chi connectivity index (χ0v) is 64.8. The molecule has 0 spiro atoms. The van der Waals surface area contributed by atoms with E-state index in [4.69, 9.17) is 4.98 Å². The van der Waals surface area contributed by atoms with Crippen molar-refractivity contribution in [3.8, 4) is 72.4 Å². The van der Waals surface area contributed by atoms with Gasteiger partial charge in [0.25, 0.3) is 0 Å². The maximum atomic E-state index is 4.70. The molecule has 0 N–H and O–H groups in total. The largest absolute Gasteiger partial charge is 0.344 e. The Balaban J connectivity index is 0.000000104. The van der Waals surface area contributed by atoms with Crippen LogP contribution in [0.1, 0.15) is 0 Å². The van der Waals surface area contributed by atoms with Crippen LogP contribution in [0.15, 0.2) is 395 Å². The van der Waals surface area contributed by atoms with Gasteiger partial charge in [-0.05, 0) is 172 Å². The molecule has 9 heteroatoms. The molecule has 19 aromatic carbocycles. The molecule has 8 nitrogen and oxygen atoms in total. The van der Waals surface area contributed by atoms with Crippen LogP contribution in [0.25, 0.3) is 234 Å². The predicted octanol–water partition coefficient (Wildman–Crippen LogP) is 28.9. The maximum Gasteiger partial charge on any atom is 0.0971 e. The third kappa shape index (κ3) is 11.4. The van der Waals surface area contributed by atoms with E-state index >= 15 is 0 Å². The van der Waals surface area contributed by atoms with Crippen LogP contribution < -0.4 is 0 Å². The Hall–Kier alpha value is -15.4. The normalized spacial score (nSPS) is 11.8. The summed E-state index contributed by atoms with van der Waals surface area (Å²) in [5, 5.41) is 21.8. The van der Waals surface area contributed by atoms with Gasteiger partial charge in [0.1, 0.15) is 0 Å². The lowest BCUT2D eigenvalue weighted by atomic mass is 9.94. The highest BCUT2D eigenvalue weighted by atomic mass is 32.1. The van der Waals surface area contributed by atoms with Gasteiger partial charge in [-0.25, -0.2) is 0 Å². The molecule has 0 unspecified atom stereocenters. The van der Waals surface area contributed by atoms with E-state index in [9.17, 15) is 0 Å². The van der Waals surface area contributed by atoms with Crippen LogP contribution in [0.3, 0.4) is 0 Å². The Morgan fingerprint density at radius 2 is 0.441 bits per heavy atom. The predicted molar refractivity (Wildman–Crippen MR) is 497 cm³/mol. The standard InChI is InChI=1S/C40H25N3.C35H23N3.C34H20N2S/c1-2-8-30(9-3-1)43-37-13-7-6-11-32(37)33-20-18-29(25-38(33)43)27-16-14-26(15-17-27)28-19-21-35-36(24-28)31-10-4-5-12-34(31)39-40(35)42-23-22-41-39;1-38-32-9-5-4-7-27(32)28-16-14-25(21-33(28)38)23-12-10-22(11-13-23)24-15-17-30-31(20-24)26-6-2-3-8-29(26)34-35(30)37-19-18-36-34;1-2-7-27-25(5-1)29-19-23(13-15-28(29)34-33(27)35-17-18-36-34)21-9-11-22(12-10-21)24-14-16-32-30(20-24)26-6-3-4-8-31(26)37-32/h1-25H;2-21H,1H3;1-20H. The SMILES string of the molecule is Cn1c2ccccc2c2ccc(-c3ccc(-c4ccc5c(c4)c4ccccc4c4nccnc54)cc3)cc21.c1ccc(-n2c3ccccc3c3ccc(-c4ccc(-c5ccc6c(c5)c5ccccc5c5nccnc65)cc4)cc32)cc1.c1ccc2c(c1)sc1ccc(-c3ccc(-c4ccc5c(c4)c4ccccc4c4nccnc54)cc3)cc12. The lowest BCUT2D eigenvalue weighted by molar-refractivity contribution is 1.01. The highest BCUT2D eigenvalue weighted by Crippen LogP contribution is 2.44. The summed E-state index contributed by atoms with van der Waals surface area (Å²) >= 11 is 1.86. The first-order chi connectivity index (χ1) is 58.4. The van der Waals surface area contributed by atoms with E-state index in [0.29, 0.717) is 0 Å². The maximum absolute atomic E-state index is 4.70. The molecule has 0 radical (unpaired) electrons. The minimum Gasteiger partial charge on any atom is -0.344 e. The molecule has 0 aliphatic carbocycles. The van der Waals surface area contributed by atoms with E-state index in [-0.39, 0.29) is 0 Å². The Labute approximate surface area is 681 Å². The van der Waals surface area contributed by atoms with E-state index in [2.05, 4.69) is 399 Å². The van der Waals surface area contributed by atoms with Crippen molar-refractivity contribution in [1.29, 1.82) is 0 Å². The van der Waals surface area contributed by atoms with Crippen molar-refractivity contribution >= 4 is 173 Å². The average molecular weight is 1520 g/mol. The topological polar surface area (TPSA) is 87.2 Å². The van der Waals surface area contributed by atoms with Crippen molar-refractivity contribution < 1.29 is 0 Å². The lowest BCUT2D eigenvalue weighted by Crippen LogP contribution is -1.93. The van der Waals surface area contributed by atoms with Gasteiger partial charge in [0.2, 0.25) is 0 Å². The fourth-order valence-electron chi connectivity index (χ4n) is 18.2. The molecule has 0 saturated carbocycles. The van der Waals surface area contributed by atoms with Crippen LogP contribution in [-0.4, -0.2) is 39.0 Å². The quantitative estimate of drug-likeness (QED) is 0.148. The molecule has 0 fully saturated rings. The molecular formula is C109H68N8S. The lowest BCUT2D eigenvalue weighted by Gasteiger charge is -2.11. The number of fused-ring (bicyclic) bond motifs is 27. The fourth-order valence-corrected chi connectivity index (χ4v) is 19.3. The van der Waals surface area contributed by atoms with Crippen LogP contribution in [0.5, 0.6) is 0 Å². The van der Waals surface area contributed by atoms with Crippen molar-refractivity contribution in [2.24, 2.45) is 7.05 Å². The molecule has 6 aromatic heterocycles. The Morgan fingerprint density at radius 3 is 0.856 bits per heavy atom. The fraction of sp³-hybridized carbons (Fsp3) is 0.00917. The van der Waals surface area contributed by atoms with E-state index < -0.39 is 0 Å². The number of hydrogen-bond acceptors (Lipinski definition) is 7. The van der Waals surface area contributed by atoms with Crippen molar-refractivity contribution in [3.05, 3.63) is 395 Å². The molecule has 118 heavy (non-hydrogen) atoms. The Kier molecular flexibility index (Phi) is 16.2. The molecular weight excluding hydrogens is 1450 g/mol. The molecule has 0 aliphatic rings. The highest BCUT2D eigenvalue weighted by Gasteiger charge is 2.19. The summed E-state index contributed by atoms with van der Waals surface area (Å²) < 4.78 is 7.33. The van der Waals surface area contributed by atoms with Gasteiger partial charge in [-0.3, -0.25) is 29.9 Å². The van der Waals surface area contributed by atoms with Crippen molar-refractivity contribution in [2.75, 3.05) is 0 Å². The van der Waals surface area contributed by atoms with Crippen LogP contribution >= 0.6 is 11.3 Å². The Morgan fingerprint density at radius 1 is 0.178 bits per heavy atom. The second kappa shape index (κ2) is 28.0. The van der Waals surface area contributed by atoms with Gasteiger partial charge in [-0.2, -0.15) is 0 Å². The van der Waals surface area contributed by atoms with Crippen LogP contribution in [0, 0.1) is 0 Å². The van der Waals surface area contributed by atoms with Crippen LogP contribution in [-0.2, 0) is 7.05 Å². The number of thiophene rings is 1. The molecule has 0 aliphatic heterocycles. The summed E-state index contributed by atoms with van der Waals surface area (Å²) in [6, 6.07) is 129. The van der Waals surface area contributed by atoms with E-state index in [1.807, 2.05) is 11.3 Å². The summed E-state index contributed by atoms with van der Waals surface area (Å²) in [6.45, 7) is 0. The molecule has 0 amide bonds. The molecule has 6 heterocycles. The van der Waals surface area contributed by atoms with E-state index in [1.165, 1.54) is 169 Å². The number of rotatable bonds is 7. The number of hydrogen-bond donors (Lipinski definition) is 0. The zero-order valence-electron chi connectivity index (χ0n) is 64.0. The van der Waals surface area contributed by atoms with Crippen molar-refractivity contribution in [2.45, 2.75) is 0 Å². The third-order valence-corrected chi connectivity index (χ3v) is 25.1. The summed E-state index contributed by atoms with van der Waals surface area (Å²) in [5.41, 5.74) is 26.3. The first kappa shape index (κ1) is 68.2. The molecule has 0 saturated heterocycles. The summed E-state index contributed by atoms with van der Waals surface area (Å²) in [4.78, 5) is 28.0. The van der Waals surface area contributed by atoms with Gasteiger partial charge in [0.15, 0.2) is 0 Å². The number of aromatic nitrogens is 8. The number of aryl methyl sites for hydroxylation is 1. The van der Waals surface area contributed by atoms with Gasteiger partial charge in [-0.15, -0.1) is 11.3 Å². The first-order valence-electron chi connectivity index (χ1n) is 39.9. The zero-order chi connectivity index (χ0) is 77.9. The molecule has 0 atom stereocenters. The number of benzene rings is 19. The summed E-state index contributed by atoms with van der Waals surface area (Å²) in [5.74, 6) is 0. The van der Waals surface area contributed by atoms with Gasteiger partial charge in [0.05, 0.1) is 44.1 Å². The van der Waals surface area contributed by atoms with Gasteiger partial charge >= 0.3 is 0 Å². The van der Waals surface area contributed by atoms with Crippen molar-refractivity contribution in [1.82, 2.24) is 39.0 Å². The van der Waals surface area contributed by atoms with Gasteiger partial charge in [-0.1, -0.05) is 285 Å². The minimum absolute atomic E-state index is 0.946. The van der Waals surface area contributed by atoms with Gasteiger partial charge < -0.3 is 9.13 Å². The second-order valence-electron chi connectivity index (χ2n) is 30.4. The summed E-state index contributed by atoms with van der Waals surface area (Å²) in [6.07, 6.45) is 10.6. The van der Waals surface area contributed by atoms with Crippen LogP contribution in [0.4, 0.5) is 0 Å². The van der Waals surface area contributed by atoms with Crippen LogP contribution in [0.2, 0.25) is 0 Å². The Bertz CT molecular complexity index is 8270. The molecule has 550 valence electrons. The first-order valence-corrected chi connectivity index (χ1v) is 40.7. The highest BCUT2D eigenvalue weighted by molar-refractivity contribution is 7.25. The van der Waals surface area contributed by atoms with Crippen molar-refractivity contribution in [3.63, 3.8) is 0 Å². The molecule has 25 aromatic rings. The second-order valence-corrected chi connectivity index (χ2v) is 31.5. The van der Waals surface area contributed by atoms with Gasteiger partial charge in [0, 0.05) is 135 Å². The van der Waals surface area contributed by atoms with E-state index in [1.54, 1.807) is 37.2 Å². The average Bonchev–Trinajstić information content (AvgIpc) is 1.08. The number of para-hydroxylation sites is 3. The monoisotopic (exact) mass is 1520 g/mol. The number of nitrogens with zero attached hydrogens (tertiary/aromatic N) is 8. The minimum atomic E-state index is 0.946. The summed E-state index contributed by atoms with van der Waals surface area (Å²) in [7, 11) is 2.15. The molecule has 0 bridgehead atoms. The molecule has 25 rings (SSSR count).